The van der Waals surface area contributed by atoms with Gasteiger partial charge in [-0.25, -0.2) is 9.37 Å². The molecule has 0 radical (unpaired) electrons. The van der Waals surface area contributed by atoms with E-state index in [2.05, 4.69) is 9.88 Å². The van der Waals surface area contributed by atoms with Crippen LogP contribution in [0, 0.1) is 15.9 Å². The lowest BCUT2D eigenvalue weighted by molar-refractivity contribution is -0.384. The third-order valence-corrected chi connectivity index (χ3v) is 5.78. The molecule has 2 heterocycles. The van der Waals surface area contributed by atoms with Crippen molar-refractivity contribution >= 4 is 34.9 Å². The SMILES string of the molecule is O=[N+]([O-])c1cc(/C=C/c2nc(-c3ccc(F)cc3)cs2)ccc1N1CCCCC1. The van der Waals surface area contributed by atoms with E-state index in [0.29, 0.717) is 5.69 Å². The summed E-state index contributed by atoms with van der Waals surface area (Å²) < 4.78 is 13.1. The number of hydrogen-bond donors (Lipinski definition) is 0. The molecule has 1 aliphatic rings. The standard InChI is InChI=1S/C22H20FN3O2S/c23-18-8-6-17(7-9-18)19-15-29-22(24-19)11-5-16-4-10-20(21(14-16)26(27)28)25-12-2-1-3-13-25/h4-11,14-15H,1-3,12-13H2/b11-5+. The molecule has 29 heavy (non-hydrogen) atoms. The molecule has 0 aliphatic carbocycles. The molecule has 7 heteroatoms. The van der Waals surface area contributed by atoms with Gasteiger partial charge in [0.15, 0.2) is 0 Å². The van der Waals surface area contributed by atoms with Crippen molar-refractivity contribution in [2.24, 2.45) is 0 Å². The van der Waals surface area contributed by atoms with Gasteiger partial charge in [-0.1, -0.05) is 12.1 Å². The topological polar surface area (TPSA) is 59.3 Å². The molecule has 1 saturated heterocycles. The zero-order chi connectivity index (χ0) is 20.2. The molecule has 0 N–H and O–H groups in total. The average molecular weight is 409 g/mol. The van der Waals surface area contributed by atoms with Crippen LogP contribution in [0.3, 0.4) is 0 Å². The Balaban J connectivity index is 1.54. The van der Waals surface area contributed by atoms with E-state index in [1.54, 1.807) is 18.2 Å². The van der Waals surface area contributed by atoms with Crippen molar-refractivity contribution < 1.29 is 9.31 Å². The van der Waals surface area contributed by atoms with Crippen molar-refractivity contribution in [1.29, 1.82) is 0 Å². The quantitative estimate of drug-likeness (QED) is 0.382. The summed E-state index contributed by atoms with van der Waals surface area (Å²) in [6.07, 6.45) is 6.99. The number of rotatable bonds is 5. The highest BCUT2D eigenvalue weighted by Gasteiger charge is 2.21. The van der Waals surface area contributed by atoms with Gasteiger partial charge in [0, 0.05) is 30.1 Å². The van der Waals surface area contributed by atoms with Crippen LogP contribution in [-0.2, 0) is 0 Å². The van der Waals surface area contributed by atoms with E-state index in [4.69, 9.17) is 0 Å². The van der Waals surface area contributed by atoms with Crippen LogP contribution in [-0.4, -0.2) is 23.0 Å². The van der Waals surface area contributed by atoms with Gasteiger partial charge in [-0.3, -0.25) is 10.1 Å². The maximum absolute atomic E-state index is 13.1. The first-order valence-electron chi connectivity index (χ1n) is 9.53. The molecule has 3 aromatic rings. The minimum atomic E-state index is -0.308. The van der Waals surface area contributed by atoms with Crippen LogP contribution in [0.5, 0.6) is 0 Å². The number of halogens is 1. The van der Waals surface area contributed by atoms with Crippen LogP contribution >= 0.6 is 11.3 Å². The highest BCUT2D eigenvalue weighted by molar-refractivity contribution is 7.10. The minimum absolute atomic E-state index is 0.139. The van der Waals surface area contributed by atoms with Crippen LogP contribution in [0.1, 0.15) is 29.8 Å². The van der Waals surface area contributed by atoms with Gasteiger partial charge in [0.1, 0.15) is 16.5 Å². The molecule has 0 spiro atoms. The third-order valence-electron chi connectivity index (χ3n) is 4.97. The number of nitro benzene ring substituents is 1. The summed E-state index contributed by atoms with van der Waals surface area (Å²) in [4.78, 5) is 17.9. The number of piperidine rings is 1. The number of hydrogen-bond acceptors (Lipinski definition) is 5. The van der Waals surface area contributed by atoms with Crippen LogP contribution in [0.15, 0.2) is 47.8 Å². The Kier molecular flexibility index (Phi) is 5.67. The summed E-state index contributed by atoms with van der Waals surface area (Å²) in [5.41, 5.74) is 3.22. The fourth-order valence-corrected chi connectivity index (χ4v) is 4.20. The fraction of sp³-hybridized carbons (Fsp3) is 0.227. The highest BCUT2D eigenvalue weighted by Crippen LogP contribution is 2.32. The Morgan fingerprint density at radius 3 is 2.55 bits per heavy atom. The second kappa shape index (κ2) is 8.53. The molecule has 4 rings (SSSR count). The van der Waals surface area contributed by atoms with Gasteiger partial charge in [-0.05, 0) is 61.2 Å². The molecule has 2 aromatic carbocycles. The smallest absolute Gasteiger partial charge is 0.293 e. The Morgan fingerprint density at radius 2 is 1.83 bits per heavy atom. The Bertz CT molecular complexity index is 1040. The molecule has 1 aromatic heterocycles. The molecule has 5 nitrogen and oxygen atoms in total. The fourth-order valence-electron chi connectivity index (χ4n) is 3.48. The highest BCUT2D eigenvalue weighted by atomic mass is 32.1. The second-order valence-corrected chi connectivity index (χ2v) is 7.85. The van der Waals surface area contributed by atoms with Gasteiger partial charge >= 0.3 is 0 Å². The van der Waals surface area contributed by atoms with Gasteiger partial charge in [-0.2, -0.15) is 0 Å². The van der Waals surface area contributed by atoms with E-state index in [9.17, 15) is 14.5 Å². The van der Waals surface area contributed by atoms with Crippen molar-refractivity contribution in [3.8, 4) is 11.3 Å². The lowest BCUT2D eigenvalue weighted by atomic mass is 10.1. The van der Waals surface area contributed by atoms with E-state index in [1.165, 1.54) is 29.9 Å². The van der Waals surface area contributed by atoms with Crippen LogP contribution in [0.2, 0.25) is 0 Å². The molecule has 0 unspecified atom stereocenters. The molecule has 0 amide bonds. The van der Waals surface area contributed by atoms with Gasteiger partial charge in [0.05, 0.1) is 10.6 Å². The molecular weight excluding hydrogens is 389 g/mol. The Hall–Kier alpha value is -3.06. The largest absolute Gasteiger partial charge is 0.366 e. The number of benzene rings is 2. The Labute approximate surface area is 172 Å². The number of nitro groups is 1. The van der Waals surface area contributed by atoms with Crippen LogP contribution in [0.25, 0.3) is 23.4 Å². The maximum atomic E-state index is 13.1. The summed E-state index contributed by atoms with van der Waals surface area (Å²) >= 11 is 1.47. The van der Waals surface area contributed by atoms with E-state index >= 15 is 0 Å². The summed E-state index contributed by atoms with van der Waals surface area (Å²) in [7, 11) is 0. The molecule has 0 saturated carbocycles. The maximum Gasteiger partial charge on any atom is 0.293 e. The van der Waals surface area contributed by atoms with Crippen molar-refractivity contribution in [3.05, 3.63) is 74.3 Å². The normalized spacial score (nSPS) is 14.4. The van der Waals surface area contributed by atoms with E-state index in [-0.39, 0.29) is 16.4 Å². The number of anilines is 1. The van der Waals surface area contributed by atoms with Crippen LogP contribution < -0.4 is 4.90 Å². The Morgan fingerprint density at radius 1 is 1.07 bits per heavy atom. The second-order valence-electron chi connectivity index (χ2n) is 6.96. The third kappa shape index (κ3) is 4.51. The monoisotopic (exact) mass is 409 g/mol. The first kappa shape index (κ1) is 19.3. The van der Waals surface area contributed by atoms with E-state index in [1.807, 2.05) is 29.7 Å². The lowest BCUT2D eigenvalue weighted by Crippen LogP contribution is -2.29. The molecular formula is C22H20FN3O2S. The molecule has 148 valence electrons. The molecule has 1 fully saturated rings. The summed E-state index contributed by atoms with van der Waals surface area (Å²) in [6.45, 7) is 1.72. The number of nitrogens with zero attached hydrogens (tertiary/aromatic N) is 3. The summed E-state index contributed by atoms with van der Waals surface area (Å²) in [5.74, 6) is -0.279. The number of thiazole rings is 1. The van der Waals surface area contributed by atoms with Crippen molar-refractivity contribution in [2.75, 3.05) is 18.0 Å². The van der Waals surface area contributed by atoms with Crippen molar-refractivity contribution in [1.82, 2.24) is 4.98 Å². The average Bonchev–Trinajstić information content (AvgIpc) is 3.22. The predicted molar refractivity (Wildman–Crippen MR) is 116 cm³/mol. The zero-order valence-corrected chi connectivity index (χ0v) is 16.6. The minimum Gasteiger partial charge on any atom is -0.366 e. The number of aromatic nitrogens is 1. The summed E-state index contributed by atoms with van der Waals surface area (Å²) in [5, 5.41) is 14.3. The molecule has 1 aliphatic heterocycles. The first-order chi connectivity index (χ1) is 14.1. The molecule has 0 atom stereocenters. The van der Waals surface area contributed by atoms with Gasteiger partial charge < -0.3 is 4.90 Å². The zero-order valence-electron chi connectivity index (χ0n) is 15.8. The van der Waals surface area contributed by atoms with E-state index in [0.717, 1.165) is 47.8 Å². The van der Waals surface area contributed by atoms with Gasteiger partial charge in [0.25, 0.3) is 5.69 Å². The first-order valence-corrected chi connectivity index (χ1v) is 10.4. The van der Waals surface area contributed by atoms with E-state index < -0.39 is 0 Å². The van der Waals surface area contributed by atoms with Crippen molar-refractivity contribution in [2.45, 2.75) is 19.3 Å². The van der Waals surface area contributed by atoms with Gasteiger partial charge in [-0.15, -0.1) is 11.3 Å². The van der Waals surface area contributed by atoms with Crippen molar-refractivity contribution in [3.63, 3.8) is 0 Å². The predicted octanol–water partition coefficient (Wildman–Crippen LogP) is 6.02. The molecule has 0 bridgehead atoms. The lowest BCUT2D eigenvalue weighted by Gasteiger charge is -2.28. The summed E-state index contributed by atoms with van der Waals surface area (Å²) in [6, 6.07) is 11.6. The van der Waals surface area contributed by atoms with Crippen LogP contribution in [0.4, 0.5) is 15.8 Å². The van der Waals surface area contributed by atoms with Gasteiger partial charge in [0.2, 0.25) is 0 Å².